The van der Waals surface area contributed by atoms with Gasteiger partial charge >= 0.3 is 6.09 Å². The van der Waals surface area contributed by atoms with Crippen molar-refractivity contribution in [2.75, 3.05) is 32.2 Å². The van der Waals surface area contributed by atoms with E-state index in [0.717, 1.165) is 25.0 Å². The summed E-state index contributed by atoms with van der Waals surface area (Å²) >= 11 is 1.43. The number of amides is 3. The molecule has 6 atom stereocenters. The van der Waals surface area contributed by atoms with Gasteiger partial charge in [0.1, 0.15) is 58.4 Å². The molecule has 4 aliphatic rings. The van der Waals surface area contributed by atoms with Crippen LogP contribution in [-0.4, -0.2) is 100 Å². The molecule has 3 amide bonds. The number of rotatable bonds is 11. The molecular formula is C45H53F2N6O9PS. The molecule has 342 valence electrons. The van der Waals surface area contributed by atoms with Gasteiger partial charge in [-0.2, -0.15) is 0 Å². The number of nitrogens with zero attached hydrogens (tertiary/aromatic N) is 3. The highest BCUT2D eigenvalue weighted by atomic mass is 32.1. The Morgan fingerprint density at radius 3 is 2.62 bits per heavy atom. The van der Waals surface area contributed by atoms with Gasteiger partial charge in [0.25, 0.3) is 0 Å². The number of hydrogen-bond acceptors (Lipinski definition) is 12. The number of hydrogen-bond donors (Lipinski definition) is 4. The van der Waals surface area contributed by atoms with E-state index in [-0.39, 0.29) is 44.7 Å². The van der Waals surface area contributed by atoms with Gasteiger partial charge in [0.05, 0.1) is 37.6 Å². The highest BCUT2D eigenvalue weighted by Gasteiger charge is 2.66. The zero-order valence-corrected chi connectivity index (χ0v) is 37.6. The van der Waals surface area contributed by atoms with Crippen LogP contribution < -0.4 is 25.4 Å². The number of thiazole rings is 1. The van der Waals surface area contributed by atoms with Gasteiger partial charge in [-0.15, -0.1) is 11.3 Å². The van der Waals surface area contributed by atoms with Crippen LogP contribution in [0.5, 0.6) is 11.5 Å². The summed E-state index contributed by atoms with van der Waals surface area (Å²) in [5.74, 6) is -3.07. The average Bonchev–Trinajstić information content (AvgIpc) is 3.67. The van der Waals surface area contributed by atoms with E-state index >= 15 is 0 Å². The first-order valence-electron chi connectivity index (χ1n) is 21.7. The molecule has 3 fully saturated rings. The number of anilines is 1. The van der Waals surface area contributed by atoms with Crippen molar-refractivity contribution < 1.29 is 51.6 Å². The molecule has 4 heterocycles. The smallest absolute Gasteiger partial charge is 0.408 e. The first-order chi connectivity index (χ1) is 30.7. The van der Waals surface area contributed by atoms with Crippen LogP contribution in [0.15, 0.2) is 60.0 Å². The summed E-state index contributed by atoms with van der Waals surface area (Å²) < 4.78 is 68.2. The van der Waals surface area contributed by atoms with Crippen LogP contribution in [-0.2, 0) is 29.8 Å². The molecule has 1 unspecified atom stereocenters. The number of nitrogens with one attached hydrogen (secondary N) is 3. The molecular weight excluding hydrogens is 870 g/mol. The number of benzene rings is 2. The fourth-order valence-corrected chi connectivity index (χ4v) is 12.0. The van der Waals surface area contributed by atoms with Gasteiger partial charge in [-0.25, -0.2) is 23.5 Å². The van der Waals surface area contributed by atoms with Crippen LogP contribution in [0.2, 0.25) is 0 Å². The van der Waals surface area contributed by atoms with E-state index in [9.17, 15) is 32.6 Å². The van der Waals surface area contributed by atoms with Crippen molar-refractivity contribution in [2.45, 2.75) is 107 Å². The summed E-state index contributed by atoms with van der Waals surface area (Å²) in [6.45, 7) is 3.90. The summed E-state index contributed by atoms with van der Waals surface area (Å²) in [5.41, 5.74) is 1.09. The van der Waals surface area contributed by atoms with E-state index in [1.165, 1.54) is 22.3 Å². The second-order valence-corrected chi connectivity index (χ2v) is 20.5. The maximum absolute atomic E-state index is 14.9. The molecule has 2 aliphatic carbocycles. The molecule has 0 bridgehead atoms. The number of aromatic nitrogens is 2. The van der Waals surface area contributed by atoms with Crippen molar-refractivity contribution in [2.24, 2.45) is 5.92 Å². The molecule has 2 aliphatic heterocycles. The van der Waals surface area contributed by atoms with Crippen molar-refractivity contribution in [3.05, 3.63) is 77.2 Å². The van der Waals surface area contributed by atoms with Crippen LogP contribution in [0.1, 0.15) is 70.8 Å². The Morgan fingerprint density at radius 2 is 1.88 bits per heavy atom. The van der Waals surface area contributed by atoms with Crippen LogP contribution >= 0.6 is 18.7 Å². The molecule has 2 aromatic heterocycles. The standard InChI is InChI=1S/C45H53F2N6O9PS/c1-26(2)48-43-50-38(25-64-43)36-20-40(31-16-15-29(59-3)18-35(31)49-36)61-30-19-39-41(54)52-45(63(57,58)24-32-33(46)13-9-14-34(32)47)21-27(45)10-5-4-8-17-60-23-37(42(55)53(39)22-30)51-44(56)62-28-11-6-7-12-28/h5,9-10,13-16,18,20,25-28,30,37,39H,4,6-8,11-12,17,19,21-24H2,1-3H3,(H,48,50)(H,51,56)(H,52,54)(H,57,58)/b10-5-/t27-,30+,37-,39-,45-/m0/s1. The van der Waals surface area contributed by atoms with Crippen LogP contribution in [0.4, 0.5) is 18.7 Å². The molecule has 0 radical (unpaired) electrons. The van der Waals surface area contributed by atoms with Gasteiger partial charge in [0.15, 0.2) is 5.13 Å². The van der Waals surface area contributed by atoms with E-state index in [0.29, 0.717) is 64.6 Å². The Bertz CT molecular complexity index is 2450. The van der Waals surface area contributed by atoms with Crippen LogP contribution in [0.25, 0.3) is 22.3 Å². The lowest BCUT2D eigenvalue weighted by Crippen LogP contribution is -2.56. The van der Waals surface area contributed by atoms with E-state index in [2.05, 4.69) is 16.0 Å². The monoisotopic (exact) mass is 922 g/mol. The number of alkyl carbamates (subject to hydrolysis) is 1. The molecule has 2 aromatic carbocycles. The molecule has 64 heavy (non-hydrogen) atoms. The summed E-state index contributed by atoms with van der Waals surface area (Å²) in [4.78, 5) is 65.5. The number of allylic oxidation sites excluding steroid dienone is 1. The first kappa shape index (κ1) is 45.4. The van der Waals surface area contributed by atoms with Crippen molar-refractivity contribution in [3.63, 3.8) is 0 Å². The van der Waals surface area contributed by atoms with Crippen molar-refractivity contribution >= 4 is 52.6 Å². The Kier molecular flexibility index (Phi) is 13.6. The Balaban J connectivity index is 1.14. The van der Waals surface area contributed by atoms with Crippen molar-refractivity contribution in [1.29, 1.82) is 0 Å². The number of methoxy groups -OCH3 is 1. The quantitative estimate of drug-likeness (QED) is 0.0857. The van der Waals surface area contributed by atoms with E-state index < -0.39 is 78.0 Å². The summed E-state index contributed by atoms with van der Waals surface area (Å²) in [7, 11) is -3.07. The second-order valence-electron chi connectivity index (χ2n) is 17.1. The van der Waals surface area contributed by atoms with Gasteiger partial charge in [-0.05, 0) is 83.1 Å². The Morgan fingerprint density at radius 1 is 1.09 bits per heavy atom. The third-order valence-electron chi connectivity index (χ3n) is 12.2. The van der Waals surface area contributed by atoms with Gasteiger partial charge in [0, 0.05) is 53.4 Å². The predicted molar refractivity (Wildman–Crippen MR) is 236 cm³/mol. The fraction of sp³-hybridized carbons (Fsp3) is 0.489. The topological polar surface area (TPSA) is 191 Å². The molecule has 4 N–H and O–H groups in total. The molecule has 8 rings (SSSR count). The predicted octanol–water partition coefficient (Wildman–Crippen LogP) is 7.52. The lowest BCUT2D eigenvalue weighted by atomic mass is 10.1. The minimum absolute atomic E-state index is 0.0215. The maximum atomic E-state index is 14.9. The first-order valence-corrected chi connectivity index (χ1v) is 24.4. The van der Waals surface area contributed by atoms with Crippen molar-refractivity contribution in [1.82, 2.24) is 25.5 Å². The number of halogens is 2. The average molecular weight is 923 g/mol. The third-order valence-corrected chi connectivity index (χ3v) is 15.6. The van der Waals surface area contributed by atoms with Crippen LogP contribution in [0.3, 0.4) is 0 Å². The Labute approximate surface area is 373 Å². The Hall–Kier alpha value is -5.16. The zero-order chi connectivity index (χ0) is 45.2. The van der Waals surface area contributed by atoms with Gasteiger partial charge in [-0.1, -0.05) is 18.2 Å². The number of ether oxygens (including phenoxy) is 4. The number of carbonyl (C=O) groups excluding carboxylic acids is 3. The number of carbonyl (C=O) groups is 3. The normalized spacial score (nSPS) is 25.6. The van der Waals surface area contributed by atoms with E-state index in [1.807, 2.05) is 25.3 Å². The van der Waals surface area contributed by atoms with Crippen LogP contribution in [0, 0.1) is 17.6 Å². The van der Waals surface area contributed by atoms with Gasteiger partial charge in [-0.3, -0.25) is 14.2 Å². The third kappa shape index (κ3) is 9.89. The molecule has 15 nitrogen and oxygen atoms in total. The summed E-state index contributed by atoms with van der Waals surface area (Å²) in [5, 5.41) is 10.2. The molecule has 1 saturated heterocycles. The lowest BCUT2D eigenvalue weighted by molar-refractivity contribution is -0.141. The van der Waals surface area contributed by atoms with E-state index in [1.54, 1.807) is 37.5 Å². The number of pyridine rings is 1. The minimum atomic E-state index is -4.62. The fourth-order valence-electron chi connectivity index (χ4n) is 8.74. The molecule has 2 saturated carbocycles. The highest BCUT2D eigenvalue weighted by Crippen LogP contribution is 2.71. The highest BCUT2D eigenvalue weighted by molar-refractivity contribution is 7.59. The summed E-state index contributed by atoms with van der Waals surface area (Å²) in [6, 6.07) is 7.88. The van der Waals surface area contributed by atoms with Gasteiger partial charge in [0.2, 0.25) is 19.2 Å². The zero-order valence-electron chi connectivity index (χ0n) is 35.9. The molecule has 19 heteroatoms. The SMILES string of the molecule is COc1ccc2c(O[C@@H]3C[C@H]4C(=O)N[C@]5(P(=O)(O)Cc6c(F)cccc6F)C[C@@H]5/C=C\CCCOC[C@H](NC(=O)OC5CCCC5)C(=O)N4C3)cc(-c3csc(NC(C)C)n3)nc2c1. The minimum Gasteiger partial charge on any atom is -0.497 e. The largest absolute Gasteiger partial charge is 0.497 e. The number of fused-ring (bicyclic) bond motifs is 3. The maximum Gasteiger partial charge on any atom is 0.408 e. The van der Waals surface area contributed by atoms with Crippen molar-refractivity contribution in [3.8, 4) is 22.9 Å². The van der Waals surface area contributed by atoms with Gasteiger partial charge < -0.3 is 44.7 Å². The molecule has 4 aromatic rings. The second kappa shape index (κ2) is 19.1. The lowest BCUT2D eigenvalue weighted by Gasteiger charge is -2.31. The molecule has 0 spiro atoms. The summed E-state index contributed by atoms with van der Waals surface area (Å²) in [6.07, 6.45) is 5.01. The van der Waals surface area contributed by atoms with E-state index in [4.69, 9.17) is 28.9 Å².